The van der Waals surface area contributed by atoms with Gasteiger partial charge in [0.1, 0.15) is 6.04 Å². The third-order valence-electron chi connectivity index (χ3n) is 2.58. The van der Waals surface area contributed by atoms with Crippen molar-refractivity contribution in [3.05, 3.63) is 28.0 Å². The summed E-state index contributed by atoms with van der Waals surface area (Å²) in [5, 5.41) is 11.7. The quantitative estimate of drug-likeness (QED) is 0.846. The van der Waals surface area contributed by atoms with Gasteiger partial charge in [0.05, 0.1) is 11.6 Å². The lowest BCUT2D eigenvalue weighted by Crippen LogP contribution is -2.35. The average Bonchev–Trinajstić information content (AvgIpc) is 2.34. The van der Waals surface area contributed by atoms with Gasteiger partial charge in [0.15, 0.2) is 11.6 Å². The van der Waals surface area contributed by atoms with Crippen molar-refractivity contribution in [3.63, 3.8) is 0 Å². The maximum Gasteiger partial charge on any atom is 0.320 e. The van der Waals surface area contributed by atoms with Gasteiger partial charge in [0.2, 0.25) is 0 Å². The number of benzene rings is 1. The topological polar surface area (TPSA) is 58.6 Å². The van der Waals surface area contributed by atoms with Gasteiger partial charge < -0.3 is 15.2 Å². The van der Waals surface area contributed by atoms with Gasteiger partial charge in [-0.1, -0.05) is 13.0 Å². The van der Waals surface area contributed by atoms with E-state index in [4.69, 9.17) is 9.84 Å². The van der Waals surface area contributed by atoms with E-state index in [2.05, 4.69) is 21.2 Å². The second kappa shape index (κ2) is 6.70. The first-order valence-corrected chi connectivity index (χ1v) is 6.27. The van der Waals surface area contributed by atoms with Crippen LogP contribution in [-0.2, 0) is 11.3 Å². The van der Waals surface area contributed by atoms with E-state index in [1.54, 1.807) is 19.1 Å². The summed E-state index contributed by atoms with van der Waals surface area (Å²) in [6.45, 7) is 2.00. The number of ether oxygens (including phenoxy) is 1. The molecule has 1 aromatic carbocycles. The molecule has 1 rings (SSSR count). The number of hydrogen-bond donors (Lipinski definition) is 2. The van der Waals surface area contributed by atoms with Crippen LogP contribution in [0.3, 0.4) is 0 Å². The molecule has 0 saturated heterocycles. The molecule has 18 heavy (non-hydrogen) atoms. The first-order chi connectivity index (χ1) is 8.51. The van der Waals surface area contributed by atoms with Crippen LogP contribution in [0.25, 0.3) is 0 Å². The fraction of sp³-hybridized carbons (Fsp3) is 0.417. The zero-order chi connectivity index (χ0) is 13.7. The number of carbonyl (C=O) groups is 1. The Balaban J connectivity index is 2.85. The van der Waals surface area contributed by atoms with Gasteiger partial charge in [-0.25, -0.2) is 4.39 Å². The zero-order valence-electron chi connectivity index (χ0n) is 10.2. The number of rotatable bonds is 6. The van der Waals surface area contributed by atoms with Crippen LogP contribution in [0.2, 0.25) is 0 Å². The summed E-state index contributed by atoms with van der Waals surface area (Å²) in [6.07, 6.45) is 0.455. The molecule has 100 valence electrons. The number of carboxylic acids is 1. The van der Waals surface area contributed by atoms with Crippen LogP contribution in [0, 0.1) is 5.82 Å². The van der Waals surface area contributed by atoms with Crippen LogP contribution in [-0.4, -0.2) is 24.2 Å². The van der Waals surface area contributed by atoms with Crippen LogP contribution in [0.4, 0.5) is 4.39 Å². The van der Waals surface area contributed by atoms with Crippen LogP contribution in [0.15, 0.2) is 16.6 Å². The molecule has 0 bridgehead atoms. The molecule has 0 saturated carbocycles. The van der Waals surface area contributed by atoms with Gasteiger partial charge in [-0.15, -0.1) is 0 Å². The lowest BCUT2D eigenvalue weighted by atomic mass is 10.1. The molecule has 0 unspecified atom stereocenters. The molecular formula is C12H15BrFNO3. The van der Waals surface area contributed by atoms with E-state index >= 15 is 0 Å². The minimum Gasteiger partial charge on any atom is -0.493 e. The van der Waals surface area contributed by atoms with E-state index in [-0.39, 0.29) is 12.3 Å². The summed E-state index contributed by atoms with van der Waals surface area (Å²) >= 11 is 3.07. The SMILES string of the molecule is CC[C@@H](NCc1ccc(Br)c(F)c1OC)C(=O)O. The minimum absolute atomic E-state index is 0.122. The van der Waals surface area contributed by atoms with Crippen molar-refractivity contribution < 1.29 is 19.0 Å². The van der Waals surface area contributed by atoms with Crippen LogP contribution in [0.5, 0.6) is 5.75 Å². The number of aliphatic carboxylic acids is 1. The first-order valence-electron chi connectivity index (χ1n) is 5.48. The van der Waals surface area contributed by atoms with Gasteiger partial charge in [-0.3, -0.25) is 4.79 Å². The molecular weight excluding hydrogens is 305 g/mol. The fourth-order valence-electron chi connectivity index (χ4n) is 1.57. The van der Waals surface area contributed by atoms with E-state index in [1.165, 1.54) is 7.11 Å². The van der Waals surface area contributed by atoms with E-state index < -0.39 is 17.8 Å². The summed E-state index contributed by atoms with van der Waals surface area (Å²) in [6, 6.07) is 2.60. The molecule has 0 aliphatic rings. The molecule has 1 atom stereocenters. The van der Waals surface area contributed by atoms with Crippen molar-refractivity contribution >= 4 is 21.9 Å². The molecule has 0 aliphatic carbocycles. The van der Waals surface area contributed by atoms with Crippen molar-refractivity contribution in [3.8, 4) is 5.75 Å². The highest BCUT2D eigenvalue weighted by molar-refractivity contribution is 9.10. The Morgan fingerprint density at radius 3 is 2.78 bits per heavy atom. The standard InChI is InChI=1S/C12H15BrFNO3/c1-3-9(12(16)17)15-6-7-4-5-8(13)10(14)11(7)18-2/h4-5,9,15H,3,6H2,1-2H3,(H,16,17)/t9-/m1/s1. The first kappa shape index (κ1) is 14.9. The summed E-state index contributed by atoms with van der Waals surface area (Å²) in [7, 11) is 1.38. The number of hydrogen-bond acceptors (Lipinski definition) is 3. The highest BCUT2D eigenvalue weighted by atomic mass is 79.9. The number of carboxylic acid groups (broad SMARTS) is 1. The fourth-order valence-corrected chi connectivity index (χ4v) is 1.88. The molecule has 6 heteroatoms. The van der Waals surface area contributed by atoms with Crippen LogP contribution < -0.4 is 10.1 Å². The second-order valence-corrected chi connectivity index (χ2v) is 4.59. The summed E-state index contributed by atoms with van der Waals surface area (Å²) < 4.78 is 19.0. The highest BCUT2D eigenvalue weighted by Gasteiger charge is 2.17. The Labute approximate surface area is 113 Å². The van der Waals surface area contributed by atoms with E-state index in [1.807, 2.05) is 0 Å². The number of halogens is 2. The monoisotopic (exact) mass is 319 g/mol. The Hall–Kier alpha value is -1.14. The number of nitrogens with one attached hydrogen (secondary N) is 1. The maximum atomic E-state index is 13.7. The van der Waals surface area contributed by atoms with Crippen LogP contribution in [0.1, 0.15) is 18.9 Å². The summed E-state index contributed by atoms with van der Waals surface area (Å²) in [5.41, 5.74) is 0.581. The van der Waals surface area contributed by atoms with Crippen molar-refractivity contribution in [2.75, 3.05) is 7.11 Å². The van der Waals surface area contributed by atoms with Crippen molar-refractivity contribution in [1.82, 2.24) is 5.32 Å². The highest BCUT2D eigenvalue weighted by Crippen LogP contribution is 2.28. The van der Waals surface area contributed by atoms with E-state index in [0.717, 1.165) is 0 Å². The lowest BCUT2D eigenvalue weighted by Gasteiger charge is -2.15. The van der Waals surface area contributed by atoms with Crippen molar-refractivity contribution in [2.45, 2.75) is 25.9 Å². The molecule has 0 aromatic heterocycles. The number of methoxy groups -OCH3 is 1. The van der Waals surface area contributed by atoms with Crippen molar-refractivity contribution in [2.24, 2.45) is 0 Å². The van der Waals surface area contributed by atoms with E-state index in [0.29, 0.717) is 16.5 Å². The van der Waals surface area contributed by atoms with Gasteiger partial charge in [0, 0.05) is 12.1 Å². The molecule has 4 nitrogen and oxygen atoms in total. The second-order valence-electron chi connectivity index (χ2n) is 3.73. The van der Waals surface area contributed by atoms with E-state index in [9.17, 15) is 9.18 Å². The van der Waals surface area contributed by atoms with Crippen molar-refractivity contribution in [1.29, 1.82) is 0 Å². The minimum atomic E-state index is -0.922. The molecule has 1 aromatic rings. The molecule has 0 radical (unpaired) electrons. The summed E-state index contributed by atoms with van der Waals surface area (Å²) in [5.74, 6) is -1.29. The van der Waals surface area contributed by atoms with Gasteiger partial charge in [-0.2, -0.15) is 0 Å². The van der Waals surface area contributed by atoms with Gasteiger partial charge in [0.25, 0.3) is 0 Å². The van der Waals surface area contributed by atoms with Crippen LogP contribution >= 0.6 is 15.9 Å². The Morgan fingerprint density at radius 2 is 2.28 bits per heavy atom. The maximum absolute atomic E-state index is 13.7. The average molecular weight is 320 g/mol. The zero-order valence-corrected chi connectivity index (χ0v) is 11.8. The third kappa shape index (κ3) is 3.43. The Morgan fingerprint density at radius 1 is 1.61 bits per heavy atom. The third-order valence-corrected chi connectivity index (χ3v) is 3.19. The Kier molecular flexibility index (Phi) is 5.55. The summed E-state index contributed by atoms with van der Waals surface area (Å²) in [4.78, 5) is 10.9. The Bertz CT molecular complexity index is 440. The molecule has 0 spiro atoms. The molecule has 0 fully saturated rings. The molecule has 0 amide bonds. The predicted octanol–water partition coefficient (Wildman–Crippen LogP) is 2.55. The predicted molar refractivity (Wildman–Crippen MR) is 69.2 cm³/mol. The normalized spacial score (nSPS) is 12.2. The smallest absolute Gasteiger partial charge is 0.320 e. The molecule has 0 aliphatic heterocycles. The largest absolute Gasteiger partial charge is 0.493 e. The molecule has 0 heterocycles. The van der Waals surface area contributed by atoms with Gasteiger partial charge in [-0.05, 0) is 28.4 Å². The van der Waals surface area contributed by atoms with Gasteiger partial charge >= 0.3 is 5.97 Å². The lowest BCUT2D eigenvalue weighted by molar-refractivity contribution is -0.139. The molecule has 2 N–H and O–H groups in total.